The van der Waals surface area contributed by atoms with Crippen LogP contribution >= 0.6 is 0 Å². The molecule has 10 aromatic rings. The highest BCUT2D eigenvalue weighted by atomic mass is 15.2. The van der Waals surface area contributed by atoms with Gasteiger partial charge in [0.2, 0.25) is 5.96 Å². The first-order valence-corrected chi connectivity index (χ1v) is 24.8. The van der Waals surface area contributed by atoms with Gasteiger partial charge in [-0.25, -0.2) is 15.0 Å². The number of benzene rings is 9. The van der Waals surface area contributed by atoms with Crippen molar-refractivity contribution in [1.29, 1.82) is 5.41 Å². The van der Waals surface area contributed by atoms with Crippen molar-refractivity contribution in [3.05, 3.63) is 253 Å². The third kappa shape index (κ3) is 10.2. The Morgan fingerprint density at radius 3 is 1.85 bits per heavy atom. The predicted octanol–water partition coefficient (Wildman–Crippen LogP) is 15.7. The number of aromatic nitrogens is 1. The smallest absolute Gasteiger partial charge is 0.229 e. The van der Waals surface area contributed by atoms with Gasteiger partial charge < -0.3 is 10.6 Å². The molecule has 1 aliphatic rings. The summed E-state index contributed by atoms with van der Waals surface area (Å²) in [4.78, 5) is 20.7. The van der Waals surface area contributed by atoms with Gasteiger partial charge in [0.25, 0.3) is 0 Å². The van der Waals surface area contributed by atoms with E-state index in [-0.39, 0.29) is 5.84 Å². The zero-order valence-corrected chi connectivity index (χ0v) is 41.4. The number of anilines is 2. The van der Waals surface area contributed by atoms with E-state index >= 15 is 0 Å². The second-order valence-corrected chi connectivity index (χ2v) is 18.1. The van der Waals surface area contributed by atoms with Gasteiger partial charge in [-0.05, 0) is 101 Å². The SMILES string of the molecule is C=NC(=NCc1ccccc1)n1c2ccc(-c3ccccc3)cc2c2cc(-c3ccc(-c4ccccc4)c4cccc(N)c34)c(N(C)C(=NC(=N)C3=CCCC=C3)c3ccccc3)cc21.C=NCc1ccccc1. The van der Waals surface area contributed by atoms with Gasteiger partial charge in [0, 0.05) is 45.6 Å². The van der Waals surface area contributed by atoms with Crippen molar-refractivity contribution in [2.75, 3.05) is 17.7 Å². The lowest BCUT2D eigenvalue weighted by Crippen LogP contribution is -2.29. The molecule has 8 nitrogen and oxygen atoms in total. The first-order chi connectivity index (χ1) is 36.4. The number of fused-ring (bicyclic) bond motifs is 4. The Balaban J connectivity index is 0.000000631. The lowest BCUT2D eigenvalue weighted by Gasteiger charge is -2.26. The predicted molar refractivity (Wildman–Crippen MR) is 315 cm³/mol. The van der Waals surface area contributed by atoms with Crippen LogP contribution in [0.1, 0.15) is 29.5 Å². The van der Waals surface area contributed by atoms with Crippen LogP contribution in [-0.4, -0.2) is 42.7 Å². The van der Waals surface area contributed by atoms with Crippen LogP contribution in [0.5, 0.6) is 0 Å². The highest BCUT2D eigenvalue weighted by Gasteiger charge is 2.25. The van der Waals surface area contributed by atoms with Crippen LogP contribution in [0, 0.1) is 5.41 Å². The minimum atomic E-state index is 0.199. The van der Waals surface area contributed by atoms with Gasteiger partial charge in [-0.2, -0.15) is 0 Å². The molecule has 0 aliphatic heterocycles. The second kappa shape index (κ2) is 22.3. The molecule has 0 fully saturated rings. The Morgan fingerprint density at radius 2 is 1.20 bits per heavy atom. The quantitative estimate of drug-likeness (QED) is 0.0809. The van der Waals surface area contributed by atoms with Gasteiger partial charge in [0.15, 0.2) is 5.84 Å². The van der Waals surface area contributed by atoms with Gasteiger partial charge in [0.05, 0.1) is 29.8 Å². The van der Waals surface area contributed by atoms with Gasteiger partial charge in [-0.3, -0.25) is 15.0 Å². The van der Waals surface area contributed by atoms with Crippen molar-refractivity contribution in [2.24, 2.45) is 20.0 Å². The molecule has 1 aromatic heterocycles. The Kier molecular flexibility index (Phi) is 14.5. The lowest BCUT2D eigenvalue weighted by molar-refractivity contribution is 1.03. The number of amidine groups is 2. The summed E-state index contributed by atoms with van der Waals surface area (Å²) in [5.74, 6) is 1.31. The van der Waals surface area contributed by atoms with Crippen molar-refractivity contribution >= 4 is 75.0 Å². The molecule has 74 heavy (non-hydrogen) atoms. The molecule has 11 rings (SSSR count). The molecule has 0 unspecified atom stereocenters. The zero-order chi connectivity index (χ0) is 50.8. The molecule has 0 saturated heterocycles. The zero-order valence-electron chi connectivity index (χ0n) is 41.4. The second-order valence-electron chi connectivity index (χ2n) is 18.1. The summed E-state index contributed by atoms with van der Waals surface area (Å²) >= 11 is 0. The molecular weight excluding hydrogens is 905 g/mol. The van der Waals surface area contributed by atoms with Crippen molar-refractivity contribution < 1.29 is 0 Å². The maximum atomic E-state index is 9.32. The highest BCUT2D eigenvalue weighted by Crippen LogP contribution is 2.45. The van der Waals surface area contributed by atoms with Crippen LogP contribution in [0.3, 0.4) is 0 Å². The molecule has 8 heteroatoms. The van der Waals surface area contributed by atoms with E-state index in [4.69, 9.17) is 15.7 Å². The van der Waals surface area contributed by atoms with Gasteiger partial charge in [-0.1, -0.05) is 200 Å². The topological polar surface area (TPSA) is 107 Å². The number of hydrogen-bond acceptors (Lipinski definition) is 4. The maximum absolute atomic E-state index is 9.32. The van der Waals surface area contributed by atoms with Crippen LogP contribution in [-0.2, 0) is 13.1 Å². The highest BCUT2D eigenvalue weighted by molar-refractivity contribution is 6.23. The summed E-state index contributed by atoms with van der Waals surface area (Å²) in [6.07, 6.45) is 8.02. The molecule has 1 aliphatic carbocycles. The number of nitrogens with two attached hydrogens (primary N) is 1. The number of nitrogen functional groups attached to an aromatic ring is 1. The first-order valence-electron chi connectivity index (χ1n) is 24.8. The molecule has 0 radical (unpaired) electrons. The van der Waals surface area contributed by atoms with Crippen LogP contribution in [0.2, 0.25) is 0 Å². The average molecular weight is 961 g/mol. The number of rotatable bonds is 10. The van der Waals surface area contributed by atoms with E-state index in [0.717, 1.165) is 108 Å². The molecular formula is C66H56N8. The third-order valence-corrected chi connectivity index (χ3v) is 13.4. The number of allylic oxidation sites excluding steroid dienone is 2. The van der Waals surface area contributed by atoms with Crippen molar-refractivity contribution in [3.8, 4) is 33.4 Å². The molecule has 3 N–H and O–H groups in total. The van der Waals surface area contributed by atoms with E-state index in [9.17, 15) is 5.41 Å². The van der Waals surface area contributed by atoms with E-state index in [1.54, 1.807) is 0 Å². The summed E-state index contributed by atoms with van der Waals surface area (Å²) in [5, 5.41) is 13.4. The van der Waals surface area contributed by atoms with Gasteiger partial charge in [-0.15, -0.1) is 0 Å². The summed E-state index contributed by atoms with van der Waals surface area (Å²) in [7, 11) is 2.04. The molecule has 0 bridgehead atoms. The van der Waals surface area contributed by atoms with Crippen LogP contribution in [0.15, 0.2) is 256 Å². The molecule has 9 aromatic carbocycles. The van der Waals surface area contributed by atoms with Crippen molar-refractivity contribution in [3.63, 3.8) is 0 Å². The van der Waals surface area contributed by atoms with E-state index < -0.39 is 0 Å². The number of nitrogens with zero attached hydrogens (tertiary/aromatic N) is 6. The lowest BCUT2D eigenvalue weighted by atomic mass is 9.89. The van der Waals surface area contributed by atoms with E-state index in [0.29, 0.717) is 24.0 Å². The molecule has 0 saturated carbocycles. The summed E-state index contributed by atoms with van der Waals surface area (Å²) in [6, 6.07) is 73.0. The Hall–Kier alpha value is -9.53. The number of nitrogens with one attached hydrogen (secondary N) is 1. The standard InChI is InChI=1S/C58H47N7.C8H9N/c1-61-58(62-38-39-19-8-3-9-20-39)65-52-34-31-44(40-21-10-4-11-22-40)35-48(52)50-36-49(47-33-32-45(41-23-12-5-13-24-41)46-29-18-30-51(59)55(46)47)53(37-54(50)65)64(2)57(43-27-16-7-17-28-43)63-56(60)42-25-14-6-15-26-42;1-9-7-8-5-3-2-4-6-8/h3-5,7-14,16-37,60H,1,6,15,38,59H2,2H3;2-6H,1,7H2. The van der Waals surface area contributed by atoms with Crippen molar-refractivity contribution in [2.45, 2.75) is 25.9 Å². The number of hydrogen-bond donors (Lipinski definition) is 2. The average Bonchev–Trinajstić information content (AvgIpc) is 3.78. The summed E-state index contributed by atoms with van der Waals surface area (Å²) < 4.78 is 2.13. The van der Waals surface area contributed by atoms with E-state index in [1.807, 2.05) is 116 Å². The van der Waals surface area contributed by atoms with Crippen LogP contribution in [0.25, 0.3) is 66.0 Å². The first kappa shape index (κ1) is 48.1. The minimum Gasteiger partial charge on any atom is -0.398 e. The fraction of sp³-hybridized carbons (Fsp3) is 0.0758. The molecule has 360 valence electrons. The van der Waals surface area contributed by atoms with Gasteiger partial charge >= 0.3 is 0 Å². The monoisotopic (exact) mass is 960 g/mol. The molecule has 0 amide bonds. The van der Waals surface area contributed by atoms with Crippen molar-refractivity contribution in [1.82, 2.24) is 4.57 Å². The summed E-state index contributed by atoms with van der Waals surface area (Å²) in [6.45, 7) is 8.63. The fourth-order valence-corrected chi connectivity index (χ4v) is 9.75. The Labute approximate surface area is 432 Å². The molecule has 0 spiro atoms. The van der Waals surface area contributed by atoms with E-state index in [1.165, 1.54) is 5.56 Å². The largest absolute Gasteiger partial charge is 0.398 e. The molecule has 0 atom stereocenters. The molecule has 1 heterocycles. The van der Waals surface area contributed by atoms with E-state index in [2.05, 4.69) is 154 Å². The number of aliphatic imine (C=N–C) groups is 4. The van der Waals surface area contributed by atoms with Crippen LogP contribution in [0.4, 0.5) is 11.4 Å². The van der Waals surface area contributed by atoms with Gasteiger partial charge in [0.1, 0.15) is 5.84 Å². The normalized spacial score (nSPS) is 12.5. The maximum Gasteiger partial charge on any atom is 0.229 e. The Morgan fingerprint density at radius 1 is 0.581 bits per heavy atom. The summed E-state index contributed by atoms with van der Waals surface area (Å²) in [5.41, 5.74) is 20.8. The third-order valence-electron chi connectivity index (χ3n) is 13.4. The van der Waals surface area contributed by atoms with Crippen LogP contribution < -0.4 is 10.6 Å². The Bertz CT molecular complexity index is 3780. The fourth-order valence-electron chi connectivity index (χ4n) is 9.75. The minimum absolute atomic E-state index is 0.199.